The van der Waals surface area contributed by atoms with Crippen LogP contribution >= 0.6 is 0 Å². The van der Waals surface area contributed by atoms with Crippen molar-refractivity contribution in [3.63, 3.8) is 0 Å². The van der Waals surface area contributed by atoms with Crippen LogP contribution in [0, 0.1) is 13.8 Å². The maximum atomic E-state index is 4.63. The van der Waals surface area contributed by atoms with Gasteiger partial charge in [-0.05, 0) is 43.9 Å². The summed E-state index contributed by atoms with van der Waals surface area (Å²) in [5.74, 6) is 1.25. The molecule has 0 spiro atoms. The molecule has 1 aliphatic heterocycles. The molecule has 0 atom stereocenters. The molecule has 3 heteroatoms. The van der Waals surface area contributed by atoms with Gasteiger partial charge in [0.05, 0.1) is 13.1 Å². The minimum absolute atomic E-state index is 0.784. The first-order valence-electron chi connectivity index (χ1n) is 6.86. The van der Waals surface area contributed by atoms with Gasteiger partial charge in [-0.15, -0.1) is 0 Å². The van der Waals surface area contributed by atoms with Gasteiger partial charge in [-0.25, -0.2) is 0 Å². The highest BCUT2D eigenvalue weighted by Gasteiger charge is 2.32. The highest BCUT2D eigenvalue weighted by Crippen LogP contribution is 2.28. The summed E-state index contributed by atoms with van der Waals surface area (Å²) in [6.45, 7) is 7.28. The van der Waals surface area contributed by atoms with Gasteiger partial charge in [0.2, 0.25) is 0 Å². The van der Waals surface area contributed by atoms with E-state index in [1.165, 1.54) is 35.5 Å². The van der Waals surface area contributed by atoms with Crippen molar-refractivity contribution >= 4 is 11.5 Å². The molecule has 1 N–H and O–H groups in total. The Bertz CT molecular complexity index is 475. The third-order valence-corrected chi connectivity index (χ3v) is 4.00. The van der Waals surface area contributed by atoms with E-state index in [1.54, 1.807) is 0 Å². The largest absolute Gasteiger partial charge is 0.378 e. The SMILES string of the molecule is Cc1cccc(NCC2=NCCN2C2CC2)c1C. The van der Waals surface area contributed by atoms with E-state index in [9.17, 15) is 0 Å². The highest BCUT2D eigenvalue weighted by atomic mass is 15.3. The highest BCUT2D eigenvalue weighted by molar-refractivity contribution is 5.88. The molecule has 2 aliphatic rings. The molecule has 0 unspecified atom stereocenters. The molecular weight excluding hydrogens is 222 g/mol. The topological polar surface area (TPSA) is 27.6 Å². The third-order valence-electron chi connectivity index (χ3n) is 4.00. The van der Waals surface area contributed by atoms with Gasteiger partial charge < -0.3 is 10.2 Å². The molecule has 96 valence electrons. The summed E-state index contributed by atoms with van der Waals surface area (Å²) in [6, 6.07) is 7.20. The lowest BCUT2D eigenvalue weighted by Crippen LogP contribution is -2.34. The Balaban J connectivity index is 1.65. The predicted molar refractivity (Wildman–Crippen MR) is 76.4 cm³/mol. The van der Waals surface area contributed by atoms with Crippen LogP contribution in [-0.2, 0) is 0 Å². The summed E-state index contributed by atoms with van der Waals surface area (Å²) in [6.07, 6.45) is 2.70. The van der Waals surface area contributed by atoms with Gasteiger partial charge in [-0.3, -0.25) is 4.99 Å². The number of aliphatic imine (C=N–C) groups is 1. The van der Waals surface area contributed by atoms with Crippen LogP contribution in [0.4, 0.5) is 5.69 Å². The van der Waals surface area contributed by atoms with Crippen molar-refractivity contribution < 1.29 is 0 Å². The summed E-state index contributed by atoms with van der Waals surface area (Å²) >= 11 is 0. The van der Waals surface area contributed by atoms with Crippen LogP contribution in [-0.4, -0.2) is 36.4 Å². The minimum atomic E-state index is 0.784. The zero-order valence-electron chi connectivity index (χ0n) is 11.2. The van der Waals surface area contributed by atoms with Crippen LogP contribution in [0.1, 0.15) is 24.0 Å². The number of rotatable bonds is 4. The first kappa shape index (κ1) is 11.6. The van der Waals surface area contributed by atoms with E-state index in [0.717, 1.165) is 25.7 Å². The first-order chi connectivity index (χ1) is 8.75. The summed E-state index contributed by atoms with van der Waals surface area (Å²) in [7, 11) is 0. The average molecular weight is 243 g/mol. The Kier molecular flexibility index (Phi) is 2.98. The molecule has 18 heavy (non-hydrogen) atoms. The summed E-state index contributed by atoms with van der Waals surface area (Å²) in [5, 5.41) is 3.54. The standard InChI is InChI=1S/C15H21N3/c1-11-4-3-5-14(12(11)2)17-10-15-16-8-9-18(15)13-6-7-13/h3-5,13,17H,6-10H2,1-2H3. The fraction of sp³-hybridized carbons (Fsp3) is 0.533. The molecule has 1 heterocycles. The number of amidine groups is 1. The molecule has 1 saturated carbocycles. The molecule has 1 aromatic carbocycles. The van der Waals surface area contributed by atoms with Crippen molar-refractivity contribution in [3.05, 3.63) is 29.3 Å². The fourth-order valence-electron chi connectivity index (χ4n) is 2.56. The second kappa shape index (κ2) is 4.63. The number of aryl methyl sites for hydroxylation is 1. The minimum Gasteiger partial charge on any atom is -0.378 e. The van der Waals surface area contributed by atoms with Crippen LogP contribution in [0.3, 0.4) is 0 Å². The quantitative estimate of drug-likeness (QED) is 0.880. The predicted octanol–water partition coefficient (Wildman–Crippen LogP) is 2.59. The lowest BCUT2D eigenvalue weighted by molar-refractivity contribution is 0.444. The Morgan fingerprint density at radius 1 is 1.33 bits per heavy atom. The lowest BCUT2D eigenvalue weighted by Gasteiger charge is -2.21. The Morgan fingerprint density at radius 2 is 2.17 bits per heavy atom. The van der Waals surface area contributed by atoms with Gasteiger partial charge in [0.15, 0.2) is 0 Å². The Labute approximate surface area is 109 Å². The summed E-state index contributed by atoms with van der Waals surface area (Å²) < 4.78 is 0. The van der Waals surface area contributed by atoms with Gasteiger partial charge in [0.1, 0.15) is 5.84 Å². The molecule has 1 aromatic rings. The molecule has 0 amide bonds. The van der Waals surface area contributed by atoms with Crippen molar-refractivity contribution in [1.82, 2.24) is 4.90 Å². The fourth-order valence-corrected chi connectivity index (χ4v) is 2.56. The van der Waals surface area contributed by atoms with Crippen LogP contribution in [0.2, 0.25) is 0 Å². The normalized spacial score (nSPS) is 19.0. The third kappa shape index (κ3) is 2.22. The summed E-state index contributed by atoms with van der Waals surface area (Å²) in [4.78, 5) is 7.11. The van der Waals surface area contributed by atoms with Crippen LogP contribution in [0.25, 0.3) is 0 Å². The van der Waals surface area contributed by atoms with Gasteiger partial charge in [0.25, 0.3) is 0 Å². The number of nitrogens with one attached hydrogen (secondary N) is 1. The van der Waals surface area contributed by atoms with Gasteiger partial charge >= 0.3 is 0 Å². The molecule has 0 saturated heterocycles. The number of nitrogens with zero attached hydrogens (tertiary/aromatic N) is 2. The van der Waals surface area contributed by atoms with E-state index in [2.05, 4.69) is 47.3 Å². The zero-order valence-corrected chi connectivity index (χ0v) is 11.2. The van der Waals surface area contributed by atoms with E-state index in [-0.39, 0.29) is 0 Å². The molecule has 0 aromatic heterocycles. The van der Waals surface area contributed by atoms with E-state index >= 15 is 0 Å². The molecular formula is C15H21N3. The smallest absolute Gasteiger partial charge is 0.119 e. The first-order valence-corrected chi connectivity index (χ1v) is 6.86. The van der Waals surface area contributed by atoms with Crippen LogP contribution < -0.4 is 5.32 Å². The van der Waals surface area contributed by atoms with E-state index in [1.807, 2.05) is 0 Å². The molecule has 0 radical (unpaired) electrons. The number of anilines is 1. The molecule has 3 rings (SSSR count). The molecule has 0 bridgehead atoms. The van der Waals surface area contributed by atoms with Crippen LogP contribution in [0.15, 0.2) is 23.2 Å². The van der Waals surface area contributed by atoms with Crippen molar-refractivity contribution in [3.8, 4) is 0 Å². The second-order valence-corrected chi connectivity index (χ2v) is 5.32. The van der Waals surface area contributed by atoms with E-state index in [4.69, 9.17) is 0 Å². The van der Waals surface area contributed by atoms with E-state index < -0.39 is 0 Å². The maximum Gasteiger partial charge on any atom is 0.119 e. The van der Waals surface area contributed by atoms with Gasteiger partial charge in [-0.2, -0.15) is 0 Å². The maximum absolute atomic E-state index is 4.63. The average Bonchev–Trinajstić information content (AvgIpc) is 3.11. The molecule has 1 fully saturated rings. The van der Waals surface area contributed by atoms with E-state index in [0.29, 0.717) is 0 Å². The zero-order chi connectivity index (χ0) is 12.5. The summed E-state index contributed by atoms with van der Waals surface area (Å²) in [5.41, 5.74) is 3.92. The second-order valence-electron chi connectivity index (χ2n) is 5.32. The lowest BCUT2D eigenvalue weighted by atomic mass is 10.1. The molecule has 3 nitrogen and oxygen atoms in total. The van der Waals surface area contributed by atoms with Gasteiger partial charge in [0, 0.05) is 18.3 Å². The van der Waals surface area contributed by atoms with Crippen LogP contribution in [0.5, 0.6) is 0 Å². The van der Waals surface area contributed by atoms with Crippen molar-refractivity contribution in [2.45, 2.75) is 32.7 Å². The monoisotopic (exact) mass is 243 g/mol. The Hall–Kier alpha value is -1.51. The van der Waals surface area contributed by atoms with Gasteiger partial charge in [-0.1, -0.05) is 12.1 Å². The van der Waals surface area contributed by atoms with Crippen molar-refractivity contribution in [2.75, 3.05) is 25.0 Å². The number of benzene rings is 1. The molecule has 1 aliphatic carbocycles. The van der Waals surface area contributed by atoms with Crippen molar-refractivity contribution in [2.24, 2.45) is 4.99 Å². The van der Waals surface area contributed by atoms with Crippen molar-refractivity contribution in [1.29, 1.82) is 0 Å². The number of hydrogen-bond donors (Lipinski definition) is 1. The number of hydrogen-bond acceptors (Lipinski definition) is 3. The Morgan fingerprint density at radius 3 is 2.94 bits per heavy atom.